The molecule has 2 N–H and O–H groups in total. The maximum Gasteiger partial charge on any atom is 0.261 e. The van der Waals surface area contributed by atoms with Crippen molar-refractivity contribution in [2.45, 2.75) is 32.4 Å². The number of fused-ring (bicyclic) bond motifs is 1. The highest BCUT2D eigenvalue weighted by Gasteiger charge is 2.28. The third-order valence-electron chi connectivity index (χ3n) is 3.07. The predicted molar refractivity (Wildman–Crippen MR) is 70.7 cm³/mol. The Morgan fingerprint density at radius 2 is 2.28 bits per heavy atom. The standard InChI is InChI=1S/C14H20N2O2/c1-3-15-10(2)9-16-14(17)13-8-11-6-4-5-7-12(11)18-13/h4-7,10,13,15H,3,8-9H2,1-2H3,(H,16,17)/t10-,13?/m1/s1. The second-order valence-electron chi connectivity index (χ2n) is 4.62. The minimum absolute atomic E-state index is 0.0315. The topological polar surface area (TPSA) is 50.4 Å². The number of rotatable bonds is 5. The van der Waals surface area contributed by atoms with E-state index in [9.17, 15) is 4.79 Å². The minimum Gasteiger partial charge on any atom is -0.480 e. The average Bonchev–Trinajstić information content (AvgIpc) is 2.80. The summed E-state index contributed by atoms with van der Waals surface area (Å²) >= 11 is 0. The SMILES string of the molecule is CCN[C@H](C)CNC(=O)C1Cc2ccccc2O1. The molecule has 0 fully saturated rings. The molecule has 0 aliphatic carbocycles. The van der Waals surface area contributed by atoms with Crippen LogP contribution in [0.15, 0.2) is 24.3 Å². The first-order valence-electron chi connectivity index (χ1n) is 6.46. The lowest BCUT2D eigenvalue weighted by molar-refractivity contribution is -0.127. The molecule has 0 aromatic heterocycles. The average molecular weight is 248 g/mol. The van der Waals surface area contributed by atoms with Gasteiger partial charge in [0.05, 0.1) is 0 Å². The number of hydrogen-bond donors (Lipinski definition) is 2. The number of nitrogens with one attached hydrogen (secondary N) is 2. The summed E-state index contributed by atoms with van der Waals surface area (Å²) in [5, 5.41) is 6.17. The van der Waals surface area contributed by atoms with E-state index in [0.29, 0.717) is 13.0 Å². The molecule has 98 valence electrons. The van der Waals surface area contributed by atoms with Crippen molar-refractivity contribution in [1.82, 2.24) is 10.6 Å². The normalized spacial score (nSPS) is 18.9. The van der Waals surface area contributed by atoms with Crippen molar-refractivity contribution in [2.24, 2.45) is 0 Å². The Morgan fingerprint density at radius 1 is 1.50 bits per heavy atom. The highest BCUT2D eigenvalue weighted by atomic mass is 16.5. The van der Waals surface area contributed by atoms with E-state index in [1.165, 1.54) is 0 Å². The number of para-hydroxylation sites is 1. The van der Waals surface area contributed by atoms with Crippen LogP contribution >= 0.6 is 0 Å². The van der Waals surface area contributed by atoms with Gasteiger partial charge in [0.15, 0.2) is 6.10 Å². The van der Waals surface area contributed by atoms with Gasteiger partial charge in [0, 0.05) is 19.0 Å². The van der Waals surface area contributed by atoms with Crippen LogP contribution in [0, 0.1) is 0 Å². The molecule has 0 bridgehead atoms. The second kappa shape index (κ2) is 5.87. The van der Waals surface area contributed by atoms with Crippen LogP contribution in [-0.4, -0.2) is 31.1 Å². The molecular weight excluding hydrogens is 228 g/mol. The second-order valence-corrected chi connectivity index (χ2v) is 4.62. The molecule has 4 nitrogen and oxygen atoms in total. The molecule has 18 heavy (non-hydrogen) atoms. The number of benzene rings is 1. The molecule has 1 unspecified atom stereocenters. The predicted octanol–water partition coefficient (Wildman–Crippen LogP) is 1.10. The van der Waals surface area contributed by atoms with Crippen LogP contribution in [0.4, 0.5) is 0 Å². The number of ether oxygens (including phenoxy) is 1. The van der Waals surface area contributed by atoms with Gasteiger partial charge in [-0.2, -0.15) is 0 Å². The van der Waals surface area contributed by atoms with Gasteiger partial charge in [-0.15, -0.1) is 0 Å². The van der Waals surface area contributed by atoms with Gasteiger partial charge in [-0.25, -0.2) is 0 Å². The Labute approximate surface area is 108 Å². The van der Waals surface area contributed by atoms with E-state index in [-0.39, 0.29) is 18.1 Å². The van der Waals surface area contributed by atoms with E-state index >= 15 is 0 Å². The summed E-state index contributed by atoms with van der Waals surface area (Å²) in [5.41, 5.74) is 1.11. The van der Waals surface area contributed by atoms with E-state index < -0.39 is 0 Å². The maximum atomic E-state index is 12.0. The van der Waals surface area contributed by atoms with Crippen LogP contribution in [0.1, 0.15) is 19.4 Å². The summed E-state index contributed by atoms with van der Waals surface area (Å²) in [5.74, 6) is 0.799. The molecule has 0 saturated carbocycles. The van der Waals surface area contributed by atoms with Crippen molar-refractivity contribution < 1.29 is 9.53 Å². The third-order valence-corrected chi connectivity index (χ3v) is 3.07. The van der Waals surface area contributed by atoms with Crippen molar-refractivity contribution in [2.75, 3.05) is 13.1 Å². The van der Waals surface area contributed by atoms with Crippen molar-refractivity contribution in [3.05, 3.63) is 29.8 Å². The summed E-state index contributed by atoms with van der Waals surface area (Å²) in [6.07, 6.45) is 0.286. The number of carbonyl (C=O) groups is 1. The summed E-state index contributed by atoms with van der Waals surface area (Å²) < 4.78 is 5.63. The van der Waals surface area contributed by atoms with E-state index in [1.54, 1.807) is 0 Å². The fourth-order valence-electron chi connectivity index (χ4n) is 2.12. The Bertz CT molecular complexity index is 395. The molecule has 1 aromatic carbocycles. The molecular formula is C14H20N2O2. The largest absolute Gasteiger partial charge is 0.480 e. The fourth-order valence-corrected chi connectivity index (χ4v) is 2.12. The summed E-state index contributed by atoms with van der Waals surface area (Å²) in [6.45, 7) is 5.63. The molecule has 2 atom stereocenters. The monoisotopic (exact) mass is 248 g/mol. The zero-order valence-corrected chi connectivity index (χ0v) is 10.9. The Balaban J connectivity index is 1.82. The van der Waals surface area contributed by atoms with Crippen molar-refractivity contribution in [3.63, 3.8) is 0 Å². The van der Waals surface area contributed by atoms with Crippen LogP contribution in [0.3, 0.4) is 0 Å². The molecule has 0 radical (unpaired) electrons. The van der Waals surface area contributed by atoms with Crippen molar-refractivity contribution >= 4 is 5.91 Å². The minimum atomic E-state index is -0.378. The Hall–Kier alpha value is -1.55. The van der Waals surface area contributed by atoms with Crippen molar-refractivity contribution in [1.29, 1.82) is 0 Å². The number of likely N-dealkylation sites (N-methyl/N-ethyl adjacent to an activating group) is 1. The number of hydrogen-bond acceptors (Lipinski definition) is 3. The molecule has 4 heteroatoms. The van der Waals surface area contributed by atoms with Crippen molar-refractivity contribution in [3.8, 4) is 5.75 Å². The lowest BCUT2D eigenvalue weighted by Crippen LogP contribution is -2.44. The van der Waals surface area contributed by atoms with Crippen LogP contribution in [0.2, 0.25) is 0 Å². The highest BCUT2D eigenvalue weighted by molar-refractivity contribution is 5.82. The molecule has 1 aliphatic heterocycles. The first-order chi connectivity index (χ1) is 8.70. The molecule has 0 saturated heterocycles. The molecule has 0 spiro atoms. The van der Waals surface area contributed by atoms with Gasteiger partial charge in [-0.3, -0.25) is 4.79 Å². The molecule has 1 aliphatic rings. The molecule has 2 rings (SSSR count). The van der Waals surface area contributed by atoms with Crippen LogP contribution in [0.25, 0.3) is 0 Å². The summed E-state index contributed by atoms with van der Waals surface area (Å²) in [6, 6.07) is 8.08. The van der Waals surface area contributed by atoms with Gasteiger partial charge in [0.2, 0.25) is 0 Å². The zero-order chi connectivity index (χ0) is 13.0. The van der Waals surface area contributed by atoms with Gasteiger partial charge < -0.3 is 15.4 Å². The lowest BCUT2D eigenvalue weighted by atomic mass is 10.1. The van der Waals surface area contributed by atoms with Gasteiger partial charge in [-0.05, 0) is 25.1 Å². The van der Waals surface area contributed by atoms with Crippen LogP contribution in [0.5, 0.6) is 5.75 Å². The third kappa shape index (κ3) is 3.01. The first kappa shape index (κ1) is 12.9. The number of carbonyl (C=O) groups excluding carboxylic acids is 1. The van der Waals surface area contributed by atoms with E-state index in [2.05, 4.69) is 17.6 Å². The van der Waals surface area contributed by atoms with Crippen LogP contribution in [-0.2, 0) is 11.2 Å². The fraction of sp³-hybridized carbons (Fsp3) is 0.500. The lowest BCUT2D eigenvalue weighted by Gasteiger charge is -2.15. The summed E-state index contributed by atoms with van der Waals surface area (Å²) in [7, 11) is 0. The van der Waals surface area contributed by atoms with Gasteiger partial charge >= 0.3 is 0 Å². The first-order valence-corrected chi connectivity index (χ1v) is 6.46. The van der Waals surface area contributed by atoms with E-state index in [1.807, 2.05) is 31.2 Å². The van der Waals surface area contributed by atoms with Gasteiger partial charge in [-0.1, -0.05) is 25.1 Å². The zero-order valence-electron chi connectivity index (χ0n) is 10.9. The smallest absolute Gasteiger partial charge is 0.261 e. The molecule has 1 heterocycles. The molecule has 1 amide bonds. The Kier molecular flexibility index (Phi) is 4.20. The highest BCUT2D eigenvalue weighted by Crippen LogP contribution is 2.27. The number of amides is 1. The van der Waals surface area contributed by atoms with Gasteiger partial charge in [0.1, 0.15) is 5.75 Å². The van der Waals surface area contributed by atoms with E-state index in [0.717, 1.165) is 17.9 Å². The maximum absolute atomic E-state index is 12.0. The van der Waals surface area contributed by atoms with Gasteiger partial charge in [0.25, 0.3) is 5.91 Å². The van der Waals surface area contributed by atoms with Crippen LogP contribution < -0.4 is 15.4 Å². The quantitative estimate of drug-likeness (QED) is 0.820. The van der Waals surface area contributed by atoms with E-state index in [4.69, 9.17) is 4.74 Å². The molecule has 1 aromatic rings. The summed E-state index contributed by atoms with van der Waals surface area (Å²) in [4.78, 5) is 12.0. The Morgan fingerprint density at radius 3 is 3.00 bits per heavy atom.